The number of hydrogen-bond donors (Lipinski definition) is 0. The second kappa shape index (κ2) is 7.45. The summed E-state index contributed by atoms with van der Waals surface area (Å²) in [5, 5.41) is 4.48. The fraction of sp³-hybridized carbons (Fsp3) is 0.222. The first kappa shape index (κ1) is 17.8. The largest absolute Gasteiger partial charge is 0.496 e. The van der Waals surface area contributed by atoms with Gasteiger partial charge < -0.3 is 14.3 Å². The van der Waals surface area contributed by atoms with Gasteiger partial charge in [0.1, 0.15) is 17.1 Å². The first-order valence-electron chi connectivity index (χ1n) is 7.52. The highest BCUT2D eigenvalue weighted by molar-refractivity contribution is 9.10. The van der Waals surface area contributed by atoms with Crippen LogP contribution >= 0.6 is 27.5 Å². The number of benzene rings is 2. The van der Waals surface area contributed by atoms with Gasteiger partial charge >= 0.3 is 5.97 Å². The molecule has 2 aromatic carbocycles. The Balaban J connectivity index is 1.89. The van der Waals surface area contributed by atoms with Crippen LogP contribution in [0.2, 0.25) is 5.02 Å². The van der Waals surface area contributed by atoms with Crippen LogP contribution in [0.4, 0.5) is 0 Å². The minimum absolute atomic E-state index is 0.221. The zero-order valence-corrected chi connectivity index (χ0v) is 16.0. The lowest BCUT2D eigenvalue weighted by molar-refractivity contribution is 0.0512. The van der Waals surface area contributed by atoms with Crippen LogP contribution in [0.5, 0.6) is 11.5 Å². The molecule has 0 bridgehead atoms. The van der Waals surface area contributed by atoms with Crippen LogP contribution in [-0.2, 0) is 11.3 Å². The number of ether oxygens (including phenoxy) is 2. The van der Waals surface area contributed by atoms with Crippen molar-refractivity contribution in [3.05, 3.63) is 56.5 Å². The van der Waals surface area contributed by atoms with E-state index in [9.17, 15) is 4.79 Å². The van der Waals surface area contributed by atoms with E-state index >= 15 is 0 Å². The Morgan fingerprint density at radius 1 is 1.12 bits per heavy atom. The summed E-state index contributed by atoms with van der Waals surface area (Å²) in [6.07, 6.45) is 1.46. The number of hydrogen-bond acceptors (Lipinski definition) is 5. The molecular weight excluding hydrogens is 410 g/mol. The minimum atomic E-state index is -0.630. The second-order valence-electron chi connectivity index (χ2n) is 5.36. The molecule has 0 radical (unpaired) electrons. The van der Waals surface area contributed by atoms with Crippen LogP contribution in [0.15, 0.2) is 40.0 Å². The molecule has 0 saturated heterocycles. The van der Waals surface area contributed by atoms with Gasteiger partial charge in [0.05, 0.1) is 19.9 Å². The Bertz CT molecular complexity index is 866. The number of fused-ring (bicyclic) bond motifs is 1. The van der Waals surface area contributed by atoms with Crippen LogP contribution in [0.25, 0.3) is 0 Å². The van der Waals surface area contributed by atoms with E-state index in [1.807, 2.05) is 12.1 Å². The minimum Gasteiger partial charge on any atom is -0.496 e. The molecular formula is C18H15BrClNO4. The number of methoxy groups -OCH3 is 2. The molecule has 0 atom stereocenters. The lowest BCUT2D eigenvalue weighted by Crippen LogP contribution is -2.07. The van der Waals surface area contributed by atoms with E-state index in [1.54, 1.807) is 19.2 Å². The summed E-state index contributed by atoms with van der Waals surface area (Å²) < 4.78 is 11.6. The fourth-order valence-electron chi connectivity index (χ4n) is 2.78. The molecule has 130 valence electrons. The lowest BCUT2D eigenvalue weighted by atomic mass is 10.1. The van der Waals surface area contributed by atoms with Gasteiger partial charge in [0.15, 0.2) is 0 Å². The standard InChI is InChI=1S/C18H15BrClNO4/c1-23-15-7-3-10(20)9-12(15)18(22)25-21-14-6-4-11-13(19)5-8-16(24-2)17(11)14/h3,5,7-9H,4,6H2,1-2H3/b21-14-. The van der Waals surface area contributed by atoms with Crippen molar-refractivity contribution in [2.45, 2.75) is 12.8 Å². The van der Waals surface area contributed by atoms with Gasteiger partial charge in [-0.25, -0.2) is 4.79 Å². The summed E-state index contributed by atoms with van der Waals surface area (Å²) in [6, 6.07) is 8.52. The average molecular weight is 425 g/mol. The summed E-state index contributed by atoms with van der Waals surface area (Å²) >= 11 is 9.48. The number of nitrogens with zero attached hydrogens (tertiary/aromatic N) is 1. The van der Waals surface area contributed by atoms with Crippen LogP contribution in [-0.4, -0.2) is 25.9 Å². The average Bonchev–Trinajstić information content (AvgIpc) is 3.05. The van der Waals surface area contributed by atoms with Crippen molar-refractivity contribution < 1.29 is 19.1 Å². The summed E-state index contributed by atoms with van der Waals surface area (Å²) in [4.78, 5) is 17.5. The molecule has 1 aliphatic carbocycles. The van der Waals surface area contributed by atoms with E-state index in [0.29, 0.717) is 28.7 Å². The van der Waals surface area contributed by atoms with Gasteiger partial charge in [-0.05, 0) is 48.7 Å². The molecule has 0 fully saturated rings. The van der Waals surface area contributed by atoms with Crippen molar-refractivity contribution in [2.75, 3.05) is 14.2 Å². The van der Waals surface area contributed by atoms with E-state index in [4.69, 9.17) is 25.9 Å². The summed E-state index contributed by atoms with van der Waals surface area (Å²) in [5.41, 5.74) is 2.85. The molecule has 0 aliphatic heterocycles. The van der Waals surface area contributed by atoms with Gasteiger partial charge in [-0.1, -0.05) is 32.7 Å². The Morgan fingerprint density at radius 2 is 1.84 bits per heavy atom. The normalized spacial score (nSPS) is 14.3. The van der Waals surface area contributed by atoms with E-state index in [2.05, 4.69) is 21.1 Å². The maximum absolute atomic E-state index is 12.4. The number of rotatable bonds is 4. The zero-order chi connectivity index (χ0) is 18.0. The van der Waals surface area contributed by atoms with Gasteiger partial charge in [-0.2, -0.15) is 0 Å². The molecule has 3 rings (SSSR count). The highest BCUT2D eigenvalue weighted by Crippen LogP contribution is 2.36. The van der Waals surface area contributed by atoms with Crippen LogP contribution in [0, 0.1) is 0 Å². The first-order chi connectivity index (χ1) is 12.0. The van der Waals surface area contributed by atoms with Crippen molar-refractivity contribution in [3.8, 4) is 11.5 Å². The molecule has 1 aliphatic rings. The Labute approximate surface area is 158 Å². The molecule has 0 unspecified atom stereocenters. The molecule has 0 aromatic heterocycles. The molecule has 25 heavy (non-hydrogen) atoms. The van der Waals surface area contributed by atoms with Crippen LogP contribution in [0.3, 0.4) is 0 Å². The molecule has 2 aromatic rings. The smallest absolute Gasteiger partial charge is 0.369 e. The van der Waals surface area contributed by atoms with Crippen molar-refractivity contribution in [1.29, 1.82) is 0 Å². The summed E-state index contributed by atoms with van der Waals surface area (Å²) in [5.74, 6) is 0.446. The maximum Gasteiger partial charge on any atom is 0.369 e. The number of carbonyl (C=O) groups is 1. The Hall–Kier alpha value is -2.05. The van der Waals surface area contributed by atoms with Crippen molar-refractivity contribution in [1.82, 2.24) is 0 Å². The SMILES string of the molecule is COc1ccc(Cl)cc1C(=O)O/N=C1/CCc2c(Br)ccc(OC)c21. The van der Waals surface area contributed by atoms with E-state index in [-0.39, 0.29) is 5.56 Å². The molecule has 0 amide bonds. The molecule has 7 heteroatoms. The number of carbonyl (C=O) groups excluding carboxylic acids is 1. The Morgan fingerprint density at radius 3 is 2.56 bits per heavy atom. The van der Waals surface area contributed by atoms with Crippen molar-refractivity contribution in [3.63, 3.8) is 0 Å². The van der Waals surface area contributed by atoms with E-state index in [1.165, 1.54) is 13.2 Å². The summed E-state index contributed by atoms with van der Waals surface area (Å²) in [7, 11) is 3.07. The monoisotopic (exact) mass is 423 g/mol. The fourth-order valence-corrected chi connectivity index (χ4v) is 3.48. The van der Waals surface area contributed by atoms with Gasteiger partial charge in [-0.15, -0.1) is 0 Å². The number of halogens is 2. The second-order valence-corrected chi connectivity index (χ2v) is 6.66. The van der Waals surface area contributed by atoms with Gasteiger partial charge in [0.25, 0.3) is 0 Å². The number of oxime groups is 1. The Kier molecular flexibility index (Phi) is 5.30. The molecule has 0 N–H and O–H groups in total. The van der Waals surface area contributed by atoms with Crippen LogP contribution < -0.4 is 9.47 Å². The van der Waals surface area contributed by atoms with Crippen LogP contribution in [0.1, 0.15) is 27.9 Å². The quantitative estimate of drug-likeness (QED) is 0.530. The van der Waals surface area contributed by atoms with Crippen molar-refractivity contribution in [2.24, 2.45) is 5.16 Å². The van der Waals surface area contributed by atoms with Gasteiger partial charge in [-0.3, -0.25) is 0 Å². The van der Waals surface area contributed by atoms with E-state index < -0.39 is 5.97 Å². The predicted octanol–water partition coefficient (Wildman–Crippen LogP) is 4.63. The first-order valence-corrected chi connectivity index (χ1v) is 8.69. The topological polar surface area (TPSA) is 57.1 Å². The molecule has 0 saturated carbocycles. The molecule has 0 spiro atoms. The molecule has 0 heterocycles. The van der Waals surface area contributed by atoms with E-state index in [0.717, 1.165) is 22.0 Å². The lowest BCUT2D eigenvalue weighted by Gasteiger charge is -2.09. The highest BCUT2D eigenvalue weighted by atomic mass is 79.9. The third-order valence-corrected chi connectivity index (χ3v) is 4.94. The zero-order valence-electron chi connectivity index (χ0n) is 13.6. The van der Waals surface area contributed by atoms with Gasteiger partial charge in [0, 0.05) is 15.1 Å². The van der Waals surface area contributed by atoms with Crippen molar-refractivity contribution >= 4 is 39.2 Å². The predicted molar refractivity (Wildman–Crippen MR) is 99.0 cm³/mol. The third kappa shape index (κ3) is 3.50. The third-order valence-electron chi connectivity index (χ3n) is 3.96. The molecule has 5 nitrogen and oxygen atoms in total. The summed E-state index contributed by atoms with van der Waals surface area (Å²) in [6.45, 7) is 0. The maximum atomic E-state index is 12.4. The highest BCUT2D eigenvalue weighted by Gasteiger charge is 2.25. The van der Waals surface area contributed by atoms with Gasteiger partial charge in [0.2, 0.25) is 0 Å².